The Hall–Kier alpha value is -3.08. The number of carboxylic acid groups (broad SMARTS) is 1. The van der Waals surface area contributed by atoms with Gasteiger partial charge >= 0.3 is 5.97 Å². The largest absolute Gasteiger partial charge is 0.493 e. The molecule has 136 valence electrons. The number of hydrogen-bond acceptors (Lipinski definition) is 3. The minimum atomic E-state index is -1.07. The average molecular weight is 353 g/mol. The number of aliphatic carboxylic acids is 1. The summed E-state index contributed by atoms with van der Waals surface area (Å²) in [5, 5.41) is 11.9. The van der Waals surface area contributed by atoms with Crippen LogP contribution in [-0.2, 0) is 16.0 Å². The monoisotopic (exact) mass is 353 g/mol. The van der Waals surface area contributed by atoms with Crippen LogP contribution < -0.4 is 10.1 Å². The molecule has 0 radical (unpaired) electrons. The van der Waals surface area contributed by atoms with Gasteiger partial charge in [-0.3, -0.25) is 4.79 Å². The van der Waals surface area contributed by atoms with Gasteiger partial charge in [-0.1, -0.05) is 55.5 Å². The van der Waals surface area contributed by atoms with Gasteiger partial charge in [0.05, 0.1) is 6.61 Å². The second-order valence-corrected chi connectivity index (χ2v) is 5.81. The number of benzene rings is 2. The summed E-state index contributed by atoms with van der Waals surface area (Å²) in [5.74, 6) is -0.835. The Morgan fingerprint density at radius 2 is 1.81 bits per heavy atom. The Bertz CT molecular complexity index is 756. The van der Waals surface area contributed by atoms with Gasteiger partial charge in [0.2, 0.25) is 5.91 Å². The number of carboxylic acids is 1. The van der Waals surface area contributed by atoms with E-state index in [2.05, 4.69) is 5.32 Å². The third-order valence-electron chi connectivity index (χ3n) is 3.69. The molecule has 26 heavy (non-hydrogen) atoms. The number of ether oxygens (including phenoxy) is 1. The van der Waals surface area contributed by atoms with Crippen molar-refractivity contribution in [3.63, 3.8) is 0 Å². The van der Waals surface area contributed by atoms with Crippen molar-refractivity contribution >= 4 is 18.0 Å². The van der Waals surface area contributed by atoms with Crippen LogP contribution in [0.4, 0.5) is 0 Å². The molecule has 0 aliphatic rings. The quantitative estimate of drug-likeness (QED) is 0.678. The van der Waals surface area contributed by atoms with Crippen LogP contribution in [-0.4, -0.2) is 29.6 Å². The first-order valence-corrected chi connectivity index (χ1v) is 8.57. The molecule has 0 heterocycles. The van der Waals surface area contributed by atoms with Gasteiger partial charge in [-0.2, -0.15) is 0 Å². The standard InChI is InChI=1S/C21H23NO4/c1-2-14-26-19-11-7-6-10-17(19)12-13-20(23)22-18(21(24)25)15-16-8-4-3-5-9-16/h3-13,18H,2,14-15H2,1H3,(H,22,23)(H,24,25)/b13-12+/t18-/m1/s1. The lowest BCUT2D eigenvalue weighted by atomic mass is 10.1. The van der Waals surface area contributed by atoms with Crippen molar-refractivity contribution < 1.29 is 19.4 Å². The van der Waals surface area contributed by atoms with Crippen molar-refractivity contribution in [2.45, 2.75) is 25.8 Å². The van der Waals surface area contributed by atoms with E-state index in [0.717, 1.165) is 17.5 Å². The number of hydrogen-bond donors (Lipinski definition) is 2. The molecule has 0 unspecified atom stereocenters. The molecule has 0 bridgehead atoms. The molecule has 5 nitrogen and oxygen atoms in total. The molecule has 0 saturated heterocycles. The molecule has 2 rings (SSSR count). The highest BCUT2D eigenvalue weighted by atomic mass is 16.5. The molecular weight excluding hydrogens is 330 g/mol. The fourth-order valence-corrected chi connectivity index (χ4v) is 2.40. The first-order valence-electron chi connectivity index (χ1n) is 8.57. The summed E-state index contributed by atoms with van der Waals surface area (Å²) in [6, 6.07) is 15.6. The first-order chi connectivity index (χ1) is 12.6. The van der Waals surface area contributed by atoms with E-state index in [9.17, 15) is 14.7 Å². The lowest BCUT2D eigenvalue weighted by Crippen LogP contribution is -2.41. The predicted octanol–water partition coefficient (Wildman–Crippen LogP) is 3.30. The Morgan fingerprint density at radius 1 is 1.12 bits per heavy atom. The molecule has 2 aromatic carbocycles. The molecule has 1 amide bonds. The van der Waals surface area contributed by atoms with Crippen LogP contribution in [0, 0.1) is 0 Å². The zero-order valence-corrected chi connectivity index (χ0v) is 14.7. The highest BCUT2D eigenvalue weighted by molar-refractivity contribution is 5.94. The van der Waals surface area contributed by atoms with Gasteiger partial charge in [0.15, 0.2) is 0 Å². The van der Waals surface area contributed by atoms with Crippen molar-refractivity contribution in [3.8, 4) is 5.75 Å². The second-order valence-electron chi connectivity index (χ2n) is 5.81. The first kappa shape index (κ1) is 19.2. The maximum absolute atomic E-state index is 12.1. The lowest BCUT2D eigenvalue weighted by Gasteiger charge is -2.13. The van der Waals surface area contributed by atoms with Crippen LogP contribution in [0.5, 0.6) is 5.75 Å². The van der Waals surface area contributed by atoms with E-state index < -0.39 is 17.9 Å². The Morgan fingerprint density at radius 3 is 2.50 bits per heavy atom. The summed E-state index contributed by atoms with van der Waals surface area (Å²) in [5.41, 5.74) is 1.62. The van der Waals surface area contributed by atoms with Crippen LogP contribution in [0.1, 0.15) is 24.5 Å². The van der Waals surface area contributed by atoms with E-state index in [0.29, 0.717) is 12.4 Å². The third kappa shape index (κ3) is 6.09. The fraction of sp³-hybridized carbons (Fsp3) is 0.238. The molecule has 0 aromatic heterocycles. The summed E-state index contributed by atoms with van der Waals surface area (Å²) in [6.07, 6.45) is 4.07. The van der Waals surface area contributed by atoms with Crippen molar-refractivity contribution in [3.05, 3.63) is 71.8 Å². The normalized spacial score (nSPS) is 11.9. The van der Waals surface area contributed by atoms with Crippen molar-refractivity contribution in [2.75, 3.05) is 6.61 Å². The van der Waals surface area contributed by atoms with E-state index in [-0.39, 0.29) is 6.42 Å². The summed E-state index contributed by atoms with van der Waals surface area (Å²) < 4.78 is 5.64. The third-order valence-corrected chi connectivity index (χ3v) is 3.69. The van der Waals surface area contributed by atoms with Crippen molar-refractivity contribution in [2.24, 2.45) is 0 Å². The van der Waals surface area contributed by atoms with Gasteiger partial charge in [0, 0.05) is 18.1 Å². The molecule has 2 N–H and O–H groups in total. The highest BCUT2D eigenvalue weighted by Crippen LogP contribution is 2.19. The number of rotatable bonds is 9. The smallest absolute Gasteiger partial charge is 0.326 e. The van der Waals surface area contributed by atoms with Crippen LogP contribution in [0.3, 0.4) is 0 Å². The molecule has 0 fully saturated rings. The molecule has 5 heteroatoms. The minimum absolute atomic E-state index is 0.228. The SMILES string of the molecule is CCCOc1ccccc1/C=C/C(=O)N[C@H](Cc1ccccc1)C(=O)O. The number of para-hydroxylation sites is 1. The molecule has 1 atom stereocenters. The number of carbonyl (C=O) groups excluding carboxylic acids is 1. The number of nitrogens with one attached hydrogen (secondary N) is 1. The zero-order valence-electron chi connectivity index (χ0n) is 14.7. The van der Waals surface area contributed by atoms with Crippen LogP contribution >= 0.6 is 0 Å². The van der Waals surface area contributed by atoms with Gasteiger partial charge in [-0.25, -0.2) is 4.79 Å². The maximum atomic E-state index is 12.1. The molecule has 2 aromatic rings. The Balaban J connectivity index is 2.02. The highest BCUT2D eigenvalue weighted by Gasteiger charge is 2.19. The van der Waals surface area contributed by atoms with Crippen LogP contribution in [0.2, 0.25) is 0 Å². The molecule has 0 aliphatic carbocycles. The van der Waals surface area contributed by atoms with E-state index >= 15 is 0 Å². The van der Waals surface area contributed by atoms with Gasteiger partial charge in [0.1, 0.15) is 11.8 Å². The molecule has 0 spiro atoms. The topological polar surface area (TPSA) is 75.6 Å². The van der Waals surface area contributed by atoms with E-state index in [1.807, 2.05) is 61.5 Å². The Labute approximate surface area is 153 Å². The van der Waals surface area contributed by atoms with Crippen LogP contribution in [0.25, 0.3) is 6.08 Å². The van der Waals surface area contributed by atoms with E-state index in [1.54, 1.807) is 6.08 Å². The van der Waals surface area contributed by atoms with Crippen molar-refractivity contribution in [1.82, 2.24) is 5.32 Å². The number of amides is 1. The van der Waals surface area contributed by atoms with Gasteiger partial charge in [-0.05, 0) is 24.1 Å². The van der Waals surface area contributed by atoms with Gasteiger partial charge < -0.3 is 15.2 Å². The second kappa shape index (κ2) is 10.0. The van der Waals surface area contributed by atoms with Crippen molar-refractivity contribution in [1.29, 1.82) is 0 Å². The average Bonchev–Trinajstić information content (AvgIpc) is 2.65. The molecular formula is C21H23NO4. The molecule has 0 aliphatic heterocycles. The Kier molecular flexibility index (Phi) is 7.43. The maximum Gasteiger partial charge on any atom is 0.326 e. The lowest BCUT2D eigenvalue weighted by molar-refractivity contribution is -0.141. The van der Waals surface area contributed by atoms with E-state index in [1.165, 1.54) is 6.08 Å². The summed E-state index contributed by atoms with van der Waals surface area (Å²) in [4.78, 5) is 23.6. The van der Waals surface area contributed by atoms with Gasteiger partial charge in [0.25, 0.3) is 0 Å². The summed E-state index contributed by atoms with van der Waals surface area (Å²) in [7, 11) is 0. The zero-order chi connectivity index (χ0) is 18.8. The minimum Gasteiger partial charge on any atom is -0.493 e. The van der Waals surface area contributed by atoms with Gasteiger partial charge in [-0.15, -0.1) is 0 Å². The summed E-state index contributed by atoms with van der Waals surface area (Å²) in [6.45, 7) is 2.61. The summed E-state index contributed by atoms with van der Waals surface area (Å²) >= 11 is 0. The fourth-order valence-electron chi connectivity index (χ4n) is 2.40. The van der Waals surface area contributed by atoms with Crippen LogP contribution in [0.15, 0.2) is 60.7 Å². The predicted molar refractivity (Wildman–Crippen MR) is 101 cm³/mol. The number of carbonyl (C=O) groups is 2. The molecule has 0 saturated carbocycles. The van der Waals surface area contributed by atoms with E-state index in [4.69, 9.17) is 4.74 Å².